The zero-order valence-corrected chi connectivity index (χ0v) is 8.72. The summed E-state index contributed by atoms with van der Waals surface area (Å²) in [6.07, 6.45) is 0. The molecule has 1 rings (SSSR count). The molecule has 0 aromatic carbocycles. The molecule has 0 atom stereocenters. The van der Waals surface area contributed by atoms with Crippen LogP contribution in [0.25, 0.3) is 0 Å². The van der Waals surface area contributed by atoms with Crippen molar-refractivity contribution in [2.75, 3.05) is 18.9 Å². The molecule has 0 saturated heterocycles. The first kappa shape index (κ1) is 10.5. The van der Waals surface area contributed by atoms with Gasteiger partial charge in [0.25, 0.3) is 5.91 Å². The SMILES string of the molecule is CCNC(=O)c1cc(C)nc(NC)c1. The summed E-state index contributed by atoms with van der Waals surface area (Å²) in [5, 5.41) is 5.66. The van der Waals surface area contributed by atoms with Crippen LogP contribution in [0.2, 0.25) is 0 Å². The van der Waals surface area contributed by atoms with Crippen LogP contribution in [-0.2, 0) is 0 Å². The third-order valence-corrected chi connectivity index (χ3v) is 1.81. The van der Waals surface area contributed by atoms with Crippen molar-refractivity contribution in [3.05, 3.63) is 23.4 Å². The highest BCUT2D eigenvalue weighted by atomic mass is 16.1. The smallest absolute Gasteiger partial charge is 0.251 e. The van der Waals surface area contributed by atoms with Crippen molar-refractivity contribution in [3.8, 4) is 0 Å². The van der Waals surface area contributed by atoms with Crippen LogP contribution in [0.3, 0.4) is 0 Å². The van der Waals surface area contributed by atoms with Crippen LogP contribution in [0.4, 0.5) is 5.82 Å². The fourth-order valence-corrected chi connectivity index (χ4v) is 1.19. The zero-order valence-electron chi connectivity index (χ0n) is 8.72. The first-order valence-electron chi connectivity index (χ1n) is 4.62. The lowest BCUT2D eigenvalue weighted by atomic mass is 10.2. The number of pyridine rings is 1. The number of aryl methyl sites for hydroxylation is 1. The van der Waals surface area contributed by atoms with Gasteiger partial charge in [-0.15, -0.1) is 0 Å². The van der Waals surface area contributed by atoms with Gasteiger partial charge < -0.3 is 10.6 Å². The van der Waals surface area contributed by atoms with E-state index >= 15 is 0 Å². The first-order chi connectivity index (χ1) is 6.67. The molecule has 1 aromatic rings. The van der Waals surface area contributed by atoms with Crippen LogP contribution in [0, 0.1) is 6.92 Å². The van der Waals surface area contributed by atoms with Gasteiger partial charge in [-0.25, -0.2) is 4.98 Å². The Balaban J connectivity index is 2.96. The molecule has 14 heavy (non-hydrogen) atoms. The number of carbonyl (C=O) groups excluding carboxylic acids is 1. The molecule has 4 nitrogen and oxygen atoms in total. The normalized spacial score (nSPS) is 9.64. The van der Waals surface area contributed by atoms with Crippen molar-refractivity contribution >= 4 is 11.7 Å². The summed E-state index contributed by atoms with van der Waals surface area (Å²) in [5.41, 5.74) is 1.47. The molecule has 76 valence electrons. The first-order valence-corrected chi connectivity index (χ1v) is 4.62. The summed E-state index contributed by atoms with van der Waals surface area (Å²) in [6, 6.07) is 3.50. The highest BCUT2D eigenvalue weighted by molar-refractivity contribution is 5.94. The summed E-state index contributed by atoms with van der Waals surface area (Å²) in [6.45, 7) is 4.39. The van der Waals surface area contributed by atoms with E-state index in [0.29, 0.717) is 17.9 Å². The molecule has 0 fully saturated rings. The lowest BCUT2D eigenvalue weighted by Gasteiger charge is -2.05. The molecule has 0 aliphatic rings. The molecule has 2 N–H and O–H groups in total. The largest absolute Gasteiger partial charge is 0.373 e. The quantitative estimate of drug-likeness (QED) is 0.758. The minimum Gasteiger partial charge on any atom is -0.373 e. The van der Waals surface area contributed by atoms with E-state index in [1.807, 2.05) is 13.8 Å². The van der Waals surface area contributed by atoms with E-state index in [4.69, 9.17) is 0 Å². The van der Waals surface area contributed by atoms with Gasteiger partial charge in [0.1, 0.15) is 5.82 Å². The van der Waals surface area contributed by atoms with Crippen LogP contribution < -0.4 is 10.6 Å². The standard InChI is InChI=1S/C10H15N3O/c1-4-12-10(14)8-5-7(2)13-9(6-8)11-3/h5-6H,4H2,1-3H3,(H,11,13)(H,12,14). The summed E-state index contributed by atoms with van der Waals surface area (Å²) < 4.78 is 0. The molecule has 0 aliphatic heterocycles. The van der Waals surface area contributed by atoms with Crippen molar-refractivity contribution in [2.24, 2.45) is 0 Å². The van der Waals surface area contributed by atoms with Gasteiger partial charge in [0.2, 0.25) is 0 Å². The van der Waals surface area contributed by atoms with Gasteiger partial charge in [-0.3, -0.25) is 4.79 Å². The minimum absolute atomic E-state index is 0.0606. The predicted molar refractivity (Wildman–Crippen MR) is 56.5 cm³/mol. The lowest BCUT2D eigenvalue weighted by molar-refractivity contribution is 0.0955. The van der Waals surface area contributed by atoms with Gasteiger partial charge in [0, 0.05) is 24.8 Å². The van der Waals surface area contributed by atoms with Crippen LogP contribution in [0.1, 0.15) is 23.0 Å². The Kier molecular flexibility index (Phi) is 3.45. The average molecular weight is 193 g/mol. The van der Waals surface area contributed by atoms with E-state index in [1.54, 1.807) is 19.2 Å². The fraction of sp³-hybridized carbons (Fsp3) is 0.400. The molecule has 1 heterocycles. The Morgan fingerprint density at radius 3 is 2.79 bits per heavy atom. The van der Waals surface area contributed by atoms with Crippen molar-refractivity contribution in [1.82, 2.24) is 10.3 Å². The van der Waals surface area contributed by atoms with E-state index in [1.165, 1.54) is 0 Å². The molecule has 0 radical (unpaired) electrons. The summed E-state index contributed by atoms with van der Waals surface area (Å²) in [7, 11) is 1.78. The Labute approximate surface area is 83.7 Å². The Bertz CT molecular complexity index is 336. The van der Waals surface area contributed by atoms with Gasteiger partial charge >= 0.3 is 0 Å². The molecule has 0 bridgehead atoms. The number of rotatable bonds is 3. The lowest BCUT2D eigenvalue weighted by Crippen LogP contribution is -2.23. The number of carbonyl (C=O) groups is 1. The molecule has 1 amide bonds. The molecule has 0 spiro atoms. The number of nitrogens with one attached hydrogen (secondary N) is 2. The topological polar surface area (TPSA) is 54.0 Å². The number of hydrogen-bond donors (Lipinski definition) is 2. The maximum Gasteiger partial charge on any atom is 0.251 e. The fourth-order valence-electron chi connectivity index (χ4n) is 1.19. The van der Waals surface area contributed by atoms with Gasteiger partial charge in [0.15, 0.2) is 0 Å². The molecular formula is C10H15N3O. The third kappa shape index (κ3) is 2.45. The maximum absolute atomic E-state index is 11.5. The van der Waals surface area contributed by atoms with E-state index in [0.717, 1.165) is 5.69 Å². The van der Waals surface area contributed by atoms with Crippen LogP contribution in [-0.4, -0.2) is 24.5 Å². The van der Waals surface area contributed by atoms with Crippen molar-refractivity contribution < 1.29 is 4.79 Å². The van der Waals surface area contributed by atoms with Gasteiger partial charge in [-0.05, 0) is 26.0 Å². The summed E-state index contributed by atoms with van der Waals surface area (Å²) in [5.74, 6) is 0.653. The Morgan fingerprint density at radius 1 is 1.50 bits per heavy atom. The number of anilines is 1. The minimum atomic E-state index is -0.0606. The van der Waals surface area contributed by atoms with Crippen molar-refractivity contribution in [3.63, 3.8) is 0 Å². The Hall–Kier alpha value is -1.58. The monoisotopic (exact) mass is 193 g/mol. The molecule has 1 aromatic heterocycles. The van der Waals surface area contributed by atoms with Crippen molar-refractivity contribution in [2.45, 2.75) is 13.8 Å². The average Bonchev–Trinajstić information content (AvgIpc) is 2.17. The van der Waals surface area contributed by atoms with Gasteiger partial charge in [0.05, 0.1) is 0 Å². The van der Waals surface area contributed by atoms with Crippen LogP contribution in [0.15, 0.2) is 12.1 Å². The zero-order chi connectivity index (χ0) is 10.6. The second-order valence-corrected chi connectivity index (χ2v) is 2.99. The second kappa shape index (κ2) is 4.60. The predicted octanol–water partition coefficient (Wildman–Crippen LogP) is 1.18. The molecule has 4 heteroatoms. The van der Waals surface area contributed by atoms with Gasteiger partial charge in [-0.1, -0.05) is 0 Å². The van der Waals surface area contributed by atoms with Crippen molar-refractivity contribution in [1.29, 1.82) is 0 Å². The summed E-state index contributed by atoms with van der Waals surface area (Å²) in [4.78, 5) is 15.7. The maximum atomic E-state index is 11.5. The van der Waals surface area contributed by atoms with E-state index < -0.39 is 0 Å². The molecular weight excluding hydrogens is 178 g/mol. The van der Waals surface area contributed by atoms with E-state index in [9.17, 15) is 4.79 Å². The second-order valence-electron chi connectivity index (χ2n) is 2.99. The van der Waals surface area contributed by atoms with E-state index in [-0.39, 0.29) is 5.91 Å². The number of aromatic nitrogens is 1. The summed E-state index contributed by atoms with van der Waals surface area (Å²) >= 11 is 0. The molecule has 0 unspecified atom stereocenters. The third-order valence-electron chi connectivity index (χ3n) is 1.81. The molecule has 0 aliphatic carbocycles. The van der Waals surface area contributed by atoms with Crippen LogP contribution in [0.5, 0.6) is 0 Å². The number of nitrogens with zero attached hydrogens (tertiary/aromatic N) is 1. The van der Waals surface area contributed by atoms with Gasteiger partial charge in [-0.2, -0.15) is 0 Å². The molecule has 0 saturated carbocycles. The Morgan fingerprint density at radius 2 is 2.21 bits per heavy atom. The highest BCUT2D eigenvalue weighted by Crippen LogP contribution is 2.09. The van der Waals surface area contributed by atoms with Crippen LogP contribution >= 0.6 is 0 Å². The highest BCUT2D eigenvalue weighted by Gasteiger charge is 2.06. The van der Waals surface area contributed by atoms with E-state index in [2.05, 4.69) is 15.6 Å². The number of hydrogen-bond acceptors (Lipinski definition) is 3. The number of amides is 1.